The second kappa shape index (κ2) is 12.1. The van der Waals surface area contributed by atoms with Crippen molar-refractivity contribution < 1.29 is 4.79 Å². The Morgan fingerprint density at radius 3 is 2.61 bits per heavy atom. The molecule has 0 bridgehead atoms. The Morgan fingerprint density at radius 1 is 1.00 bits per heavy atom. The lowest BCUT2D eigenvalue weighted by molar-refractivity contribution is 0.102. The molecule has 9 nitrogen and oxygen atoms in total. The van der Waals surface area contributed by atoms with Crippen LogP contribution in [0.1, 0.15) is 41.7 Å². The molecule has 1 aromatic carbocycles. The van der Waals surface area contributed by atoms with Crippen molar-refractivity contribution in [3.63, 3.8) is 0 Å². The summed E-state index contributed by atoms with van der Waals surface area (Å²) in [5, 5.41) is 14.3. The molecule has 5 rings (SSSR count). The number of nitrogens with one attached hydrogen (secondary N) is 3. The number of fused-ring (bicyclic) bond motifs is 1. The molecule has 0 saturated carbocycles. The van der Waals surface area contributed by atoms with Crippen molar-refractivity contribution in [1.29, 1.82) is 0 Å². The molecule has 1 aliphatic rings. The number of benzene rings is 1. The van der Waals surface area contributed by atoms with E-state index in [-0.39, 0.29) is 5.91 Å². The molecule has 0 unspecified atom stereocenters. The predicted molar refractivity (Wildman–Crippen MR) is 152 cm³/mol. The van der Waals surface area contributed by atoms with Crippen molar-refractivity contribution >= 4 is 28.3 Å². The second-order valence-corrected chi connectivity index (χ2v) is 10.2. The molecular weight excluding hydrogens is 476 g/mol. The summed E-state index contributed by atoms with van der Waals surface area (Å²) in [6.07, 6.45) is 10.7. The van der Waals surface area contributed by atoms with Gasteiger partial charge < -0.3 is 15.5 Å². The van der Waals surface area contributed by atoms with Crippen LogP contribution in [0.3, 0.4) is 0 Å². The molecule has 0 spiro atoms. The Balaban J connectivity index is 1.29. The van der Waals surface area contributed by atoms with Crippen LogP contribution < -0.4 is 10.6 Å². The van der Waals surface area contributed by atoms with E-state index in [0.29, 0.717) is 11.4 Å². The molecule has 4 aromatic rings. The van der Waals surface area contributed by atoms with Gasteiger partial charge in [-0.25, -0.2) is 4.98 Å². The van der Waals surface area contributed by atoms with Crippen molar-refractivity contribution in [1.82, 2.24) is 30.0 Å². The highest BCUT2D eigenvalue weighted by atomic mass is 16.1. The van der Waals surface area contributed by atoms with Gasteiger partial charge in [-0.15, -0.1) is 0 Å². The number of pyridine rings is 2. The van der Waals surface area contributed by atoms with Gasteiger partial charge in [0.25, 0.3) is 5.91 Å². The first kappa shape index (κ1) is 25.8. The molecule has 3 N–H and O–H groups in total. The lowest BCUT2D eigenvalue weighted by Crippen LogP contribution is -2.24. The minimum absolute atomic E-state index is 0.281. The van der Waals surface area contributed by atoms with E-state index in [4.69, 9.17) is 0 Å². The number of aromatic amines is 1. The molecule has 0 atom stereocenters. The van der Waals surface area contributed by atoms with Crippen molar-refractivity contribution in [2.24, 2.45) is 0 Å². The minimum atomic E-state index is -0.281. The molecule has 9 heteroatoms. The van der Waals surface area contributed by atoms with Gasteiger partial charge in [-0.3, -0.25) is 19.8 Å². The Morgan fingerprint density at radius 2 is 1.84 bits per heavy atom. The number of aromatic nitrogens is 4. The van der Waals surface area contributed by atoms with Gasteiger partial charge in [-0.1, -0.05) is 18.9 Å². The summed E-state index contributed by atoms with van der Waals surface area (Å²) >= 11 is 0. The lowest BCUT2D eigenvalue weighted by atomic mass is 10.0. The van der Waals surface area contributed by atoms with E-state index in [9.17, 15) is 4.79 Å². The standard InChI is InChI=1S/C29H36N8O/c1-36(2)14-11-31-27-10-8-24(19-32-27)33-29(38)28-25-16-22(7-9-26(25)34-35-28)23-15-21(17-30-18-23)20-37-12-5-3-4-6-13-37/h7-10,15-19H,3-6,11-14,20H2,1-2H3,(H,31,32)(H,33,38)(H,34,35). The third-order valence-electron chi connectivity index (χ3n) is 6.90. The van der Waals surface area contributed by atoms with Gasteiger partial charge in [-0.05, 0) is 81.5 Å². The maximum absolute atomic E-state index is 13.1. The van der Waals surface area contributed by atoms with Crippen molar-refractivity contribution in [3.05, 3.63) is 66.2 Å². The zero-order valence-electron chi connectivity index (χ0n) is 22.2. The van der Waals surface area contributed by atoms with Crippen LogP contribution in [0.15, 0.2) is 55.0 Å². The number of rotatable bonds is 9. The maximum atomic E-state index is 13.1. The topological polar surface area (TPSA) is 102 Å². The van der Waals surface area contributed by atoms with E-state index in [1.54, 1.807) is 6.20 Å². The number of hydrogen-bond acceptors (Lipinski definition) is 7. The number of carbonyl (C=O) groups is 1. The fourth-order valence-corrected chi connectivity index (χ4v) is 4.82. The Bertz CT molecular complexity index is 1360. The smallest absolute Gasteiger partial charge is 0.276 e. The summed E-state index contributed by atoms with van der Waals surface area (Å²) in [5.41, 5.74) is 5.03. The average Bonchev–Trinajstić information content (AvgIpc) is 3.18. The third-order valence-corrected chi connectivity index (χ3v) is 6.90. The number of hydrogen-bond donors (Lipinski definition) is 3. The molecule has 198 valence electrons. The van der Waals surface area contributed by atoms with E-state index >= 15 is 0 Å². The number of carbonyl (C=O) groups excluding carboxylic acids is 1. The molecule has 0 aliphatic carbocycles. The van der Waals surface area contributed by atoms with Crippen LogP contribution in [0.25, 0.3) is 22.0 Å². The fraction of sp³-hybridized carbons (Fsp3) is 0.379. The molecular formula is C29H36N8O. The van der Waals surface area contributed by atoms with Gasteiger partial charge in [0, 0.05) is 43.0 Å². The number of anilines is 2. The summed E-state index contributed by atoms with van der Waals surface area (Å²) < 4.78 is 0. The van der Waals surface area contributed by atoms with Crippen LogP contribution in [0.2, 0.25) is 0 Å². The summed E-state index contributed by atoms with van der Waals surface area (Å²) in [4.78, 5) is 26.7. The number of likely N-dealkylation sites (N-methyl/N-ethyl adjacent to an activating group) is 1. The summed E-state index contributed by atoms with van der Waals surface area (Å²) in [5.74, 6) is 0.489. The number of amides is 1. The zero-order valence-corrected chi connectivity index (χ0v) is 22.2. The number of likely N-dealkylation sites (tertiary alicyclic amines) is 1. The van der Waals surface area contributed by atoms with Crippen LogP contribution in [0.5, 0.6) is 0 Å². The maximum Gasteiger partial charge on any atom is 0.276 e. The highest BCUT2D eigenvalue weighted by Gasteiger charge is 2.16. The van der Waals surface area contributed by atoms with Crippen LogP contribution in [0.4, 0.5) is 11.5 Å². The molecule has 1 saturated heterocycles. The Labute approximate surface area is 223 Å². The monoisotopic (exact) mass is 512 g/mol. The second-order valence-electron chi connectivity index (χ2n) is 10.2. The predicted octanol–water partition coefficient (Wildman–Crippen LogP) is 4.62. The van der Waals surface area contributed by atoms with Gasteiger partial charge >= 0.3 is 0 Å². The Hall–Kier alpha value is -3.82. The van der Waals surface area contributed by atoms with Crippen molar-refractivity contribution in [2.75, 3.05) is 50.9 Å². The van der Waals surface area contributed by atoms with Crippen LogP contribution in [-0.4, -0.2) is 76.1 Å². The summed E-state index contributed by atoms with van der Waals surface area (Å²) in [7, 11) is 4.06. The van der Waals surface area contributed by atoms with Crippen molar-refractivity contribution in [2.45, 2.75) is 32.2 Å². The van der Waals surface area contributed by atoms with Gasteiger partial charge in [0.2, 0.25) is 0 Å². The molecule has 1 fully saturated rings. The summed E-state index contributed by atoms with van der Waals surface area (Å²) in [6, 6.07) is 11.9. The molecule has 1 aliphatic heterocycles. The first-order valence-electron chi connectivity index (χ1n) is 13.4. The first-order chi connectivity index (χ1) is 18.5. The lowest BCUT2D eigenvalue weighted by Gasteiger charge is -2.19. The van der Waals surface area contributed by atoms with Gasteiger partial charge in [0.05, 0.1) is 17.4 Å². The largest absolute Gasteiger partial charge is 0.369 e. The van der Waals surface area contributed by atoms with Gasteiger partial charge in [0.15, 0.2) is 5.69 Å². The van der Waals surface area contributed by atoms with E-state index in [2.05, 4.69) is 46.7 Å². The van der Waals surface area contributed by atoms with Gasteiger partial charge in [-0.2, -0.15) is 5.10 Å². The first-order valence-corrected chi connectivity index (χ1v) is 13.4. The molecule has 1 amide bonds. The van der Waals surface area contributed by atoms with Crippen LogP contribution in [0, 0.1) is 0 Å². The molecule has 38 heavy (non-hydrogen) atoms. The SMILES string of the molecule is CN(C)CCNc1ccc(NC(=O)c2n[nH]c3ccc(-c4cncc(CN5CCCCCC5)c4)cc23)cn1. The molecule has 0 radical (unpaired) electrons. The molecule has 3 aromatic heterocycles. The van der Waals surface area contributed by atoms with E-state index < -0.39 is 0 Å². The normalized spacial score (nSPS) is 14.5. The minimum Gasteiger partial charge on any atom is -0.369 e. The van der Waals surface area contributed by atoms with E-state index in [1.807, 2.05) is 56.8 Å². The molecule has 4 heterocycles. The van der Waals surface area contributed by atoms with Crippen LogP contribution >= 0.6 is 0 Å². The van der Waals surface area contributed by atoms with Gasteiger partial charge in [0.1, 0.15) is 5.82 Å². The van der Waals surface area contributed by atoms with E-state index in [0.717, 1.165) is 60.6 Å². The third kappa shape index (κ3) is 6.54. The summed E-state index contributed by atoms with van der Waals surface area (Å²) in [6.45, 7) is 4.92. The number of H-pyrrole nitrogens is 1. The van der Waals surface area contributed by atoms with Crippen LogP contribution in [-0.2, 0) is 6.54 Å². The highest BCUT2D eigenvalue weighted by Crippen LogP contribution is 2.27. The highest BCUT2D eigenvalue weighted by molar-refractivity contribution is 6.11. The number of nitrogens with zero attached hydrogens (tertiary/aromatic N) is 5. The van der Waals surface area contributed by atoms with Crippen molar-refractivity contribution in [3.8, 4) is 11.1 Å². The van der Waals surface area contributed by atoms with E-state index in [1.165, 1.54) is 31.2 Å². The Kier molecular flexibility index (Phi) is 8.25. The quantitative estimate of drug-likeness (QED) is 0.301. The average molecular weight is 513 g/mol. The zero-order chi connectivity index (χ0) is 26.3. The fourth-order valence-electron chi connectivity index (χ4n) is 4.82.